The number of halogens is 2. The lowest BCUT2D eigenvalue weighted by atomic mass is 10.1. The third kappa shape index (κ3) is 4.49. The van der Waals surface area contributed by atoms with Crippen LogP contribution in [-0.2, 0) is 17.6 Å². The normalized spacial score (nSPS) is 14.8. The van der Waals surface area contributed by atoms with E-state index in [4.69, 9.17) is 16.0 Å². The number of hydrogen-bond acceptors (Lipinski definition) is 7. The fourth-order valence-electron chi connectivity index (χ4n) is 3.32. The van der Waals surface area contributed by atoms with E-state index in [9.17, 15) is 4.79 Å². The van der Waals surface area contributed by atoms with Crippen LogP contribution in [0.2, 0.25) is 4.34 Å². The van der Waals surface area contributed by atoms with E-state index < -0.39 is 0 Å². The number of aromatic nitrogens is 3. The maximum absolute atomic E-state index is 15.1. The second-order valence-electron chi connectivity index (χ2n) is 7.64. The summed E-state index contributed by atoms with van der Waals surface area (Å²) in [5.74, 6) is 0.833. The summed E-state index contributed by atoms with van der Waals surface area (Å²) in [6.07, 6.45) is 2.73. The highest BCUT2D eigenvalue weighted by atomic mass is 35.5. The Balaban J connectivity index is 1.29. The molecule has 1 fully saturated rings. The van der Waals surface area contributed by atoms with Crippen LogP contribution in [0.3, 0.4) is 0 Å². The summed E-state index contributed by atoms with van der Waals surface area (Å²) < 4.78 is 21.9. The first-order valence-electron chi connectivity index (χ1n) is 9.91. The van der Waals surface area contributed by atoms with Crippen LogP contribution in [0.5, 0.6) is 0 Å². The fraction of sp³-hybridized carbons (Fsp3) is 0.333. The minimum Gasteiger partial charge on any atom is -0.425 e. The van der Waals surface area contributed by atoms with Crippen molar-refractivity contribution in [3.8, 4) is 10.4 Å². The van der Waals surface area contributed by atoms with E-state index in [1.807, 2.05) is 19.1 Å². The molecule has 6 nitrogen and oxygen atoms in total. The Bertz CT molecular complexity index is 1260. The minimum absolute atomic E-state index is 0.0814. The first kappa shape index (κ1) is 20.5. The summed E-state index contributed by atoms with van der Waals surface area (Å²) in [4.78, 5) is 17.2. The van der Waals surface area contributed by atoms with Crippen molar-refractivity contribution in [2.24, 2.45) is 5.92 Å². The standard InChI is InChI=1S/C21H18ClFN4O2S2/c1-10(24-21(28)11-2-3-11)8-16-26-27-17(29-16)9-18-25-13-5-4-12(19(23)20(13)31-18)14-6-7-15(22)30-14/h4-7,10-11H,2-3,8-9H2,1H3,(H,24,28). The van der Waals surface area contributed by atoms with E-state index in [2.05, 4.69) is 20.5 Å². The molecule has 3 aromatic heterocycles. The van der Waals surface area contributed by atoms with Gasteiger partial charge < -0.3 is 9.73 Å². The van der Waals surface area contributed by atoms with Crippen molar-refractivity contribution in [2.45, 2.75) is 38.6 Å². The number of thiophene rings is 1. The number of nitrogens with one attached hydrogen (secondary N) is 1. The number of benzene rings is 1. The van der Waals surface area contributed by atoms with E-state index >= 15 is 4.39 Å². The number of nitrogens with zero attached hydrogens (tertiary/aromatic N) is 3. The van der Waals surface area contributed by atoms with Gasteiger partial charge in [-0.1, -0.05) is 11.6 Å². The van der Waals surface area contributed by atoms with Crippen LogP contribution in [0.1, 0.15) is 36.6 Å². The van der Waals surface area contributed by atoms with E-state index in [-0.39, 0.29) is 23.7 Å². The van der Waals surface area contributed by atoms with Gasteiger partial charge in [-0.05, 0) is 44.0 Å². The largest absolute Gasteiger partial charge is 0.425 e. The van der Waals surface area contributed by atoms with Gasteiger partial charge >= 0.3 is 0 Å². The van der Waals surface area contributed by atoms with Crippen molar-refractivity contribution in [2.75, 3.05) is 0 Å². The molecule has 0 saturated heterocycles. The summed E-state index contributed by atoms with van der Waals surface area (Å²) in [7, 11) is 0. The predicted octanol–water partition coefficient (Wildman–Crippen LogP) is 5.25. The molecule has 0 spiro atoms. The molecule has 31 heavy (non-hydrogen) atoms. The van der Waals surface area contributed by atoms with Crippen LogP contribution in [-0.4, -0.2) is 27.1 Å². The molecule has 1 unspecified atom stereocenters. The van der Waals surface area contributed by atoms with Gasteiger partial charge in [-0.2, -0.15) is 0 Å². The topological polar surface area (TPSA) is 80.9 Å². The lowest BCUT2D eigenvalue weighted by Gasteiger charge is -2.10. The van der Waals surface area contributed by atoms with Crippen molar-refractivity contribution in [3.63, 3.8) is 0 Å². The van der Waals surface area contributed by atoms with Gasteiger partial charge in [0.15, 0.2) is 5.82 Å². The second kappa shape index (κ2) is 8.29. The van der Waals surface area contributed by atoms with Gasteiger partial charge in [-0.15, -0.1) is 32.9 Å². The maximum Gasteiger partial charge on any atom is 0.223 e. The Morgan fingerprint density at radius 2 is 2.06 bits per heavy atom. The van der Waals surface area contributed by atoms with Crippen LogP contribution in [0, 0.1) is 11.7 Å². The average molecular weight is 477 g/mol. The van der Waals surface area contributed by atoms with E-state index in [0.717, 1.165) is 17.7 Å². The number of fused-ring (bicyclic) bond motifs is 1. The van der Waals surface area contributed by atoms with Crippen molar-refractivity contribution in [3.05, 3.63) is 51.2 Å². The molecule has 10 heteroatoms. The summed E-state index contributed by atoms with van der Waals surface area (Å²) in [6.45, 7) is 1.92. The maximum atomic E-state index is 15.1. The molecule has 1 aliphatic rings. The first-order chi connectivity index (χ1) is 15.0. The quantitative estimate of drug-likeness (QED) is 0.394. The molecule has 160 valence electrons. The third-order valence-corrected chi connectivity index (χ3v) is 7.34. The van der Waals surface area contributed by atoms with Crippen molar-refractivity contribution in [1.29, 1.82) is 0 Å². The highest BCUT2D eigenvalue weighted by Crippen LogP contribution is 2.37. The molecule has 0 aliphatic heterocycles. The van der Waals surface area contributed by atoms with Crippen LogP contribution in [0.25, 0.3) is 20.7 Å². The molecule has 1 N–H and O–H groups in total. The Kier molecular flexibility index (Phi) is 5.49. The van der Waals surface area contributed by atoms with Gasteiger partial charge in [-0.3, -0.25) is 4.79 Å². The summed E-state index contributed by atoms with van der Waals surface area (Å²) >= 11 is 8.61. The van der Waals surface area contributed by atoms with Gasteiger partial charge in [0.05, 0.1) is 21.0 Å². The SMILES string of the molecule is CC(Cc1nnc(Cc2nc3ccc(-c4ccc(Cl)s4)c(F)c3s2)o1)NC(=O)C1CC1. The number of hydrogen-bond donors (Lipinski definition) is 1. The van der Waals surface area contributed by atoms with Gasteiger partial charge in [0, 0.05) is 28.8 Å². The average Bonchev–Trinajstić information content (AvgIpc) is 3.14. The molecule has 5 rings (SSSR count). The van der Waals surface area contributed by atoms with Gasteiger partial charge in [0.25, 0.3) is 0 Å². The van der Waals surface area contributed by atoms with E-state index in [1.165, 1.54) is 22.7 Å². The highest BCUT2D eigenvalue weighted by molar-refractivity contribution is 7.20. The first-order valence-corrected chi connectivity index (χ1v) is 11.9. The lowest BCUT2D eigenvalue weighted by molar-refractivity contribution is -0.122. The van der Waals surface area contributed by atoms with Crippen molar-refractivity contribution in [1.82, 2.24) is 20.5 Å². The van der Waals surface area contributed by atoms with Gasteiger partial charge in [0.1, 0.15) is 5.01 Å². The Morgan fingerprint density at radius 1 is 1.26 bits per heavy atom. The van der Waals surface area contributed by atoms with E-state index in [0.29, 0.717) is 49.7 Å². The Morgan fingerprint density at radius 3 is 2.81 bits per heavy atom. The zero-order valence-corrected chi connectivity index (χ0v) is 18.9. The van der Waals surface area contributed by atoms with Crippen LogP contribution in [0.4, 0.5) is 4.39 Å². The molecular formula is C21H18ClFN4O2S2. The second-order valence-corrected chi connectivity index (χ2v) is 10.4. The van der Waals surface area contributed by atoms with Gasteiger partial charge in [-0.25, -0.2) is 9.37 Å². The number of thiazole rings is 1. The molecule has 3 heterocycles. The lowest BCUT2D eigenvalue weighted by Crippen LogP contribution is -2.35. The molecule has 1 aliphatic carbocycles. The summed E-state index contributed by atoms with van der Waals surface area (Å²) in [5, 5.41) is 11.8. The van der Waals surface area contributed by atoms with E-state index in [1.54, 1.807) is 12.1 Å². The number of carbonyl (C=O) groups is 1. The highest BCUT2D eigenvalue weighted by Gasteiger charge is 2.30. The minimum atomic E-state index is -0.300. The number of amides is 1. The third-order valence-electron chi connectivity index (χ3n) is 5.01. The molecule has 1 amide bonds. The predicted molar refractivity (Wildman–Crippen MR) is 119 cm³/mol. The van der Waals surface area contributed by atoms with Gasteiger partial charge in [0.2, 0.25) is 17.7 Å². The van der Waals surface area contributed by atoms with Crippen LogP contribution in [0.15, 0.2) is 28.7 Å². The molecule has 4 aromatic rings. The van der Waals surface area contributed by atoms with Crippen molar-refractivity contribution >= 4 is 50.4 Å². The summed E-state index contributed by atoms with van der Waals surface area (Å²) in [5.41, 5.74) is 1.11. The molecule has 1 atom stereocenters. The van der Waals surface area contributed by atoms with Crippen molar-refractivity contribution < 1.29 is 13.6 Å². The molecule has 0 bridgehead atoms. The number of rotatable bonds is 7. The smallest absolute Gasteiger partial charge is 0.223 e. The summed E-state index contributed by atoms with van der Waals surface area (Å²) in [6, 6.07) is 7.03. The molecule has 1 saturated carbocycles. The molecular weight excluding hydrogens is 459 g/mol. The molecule has 0 radical (unpaired) electrons. The molecule has 1 aromatic carbocycles. The zero-order valence-electron chi connectivity index (χ0n) is 16.5. The fourth-order valence-corrected chi connectivity index (χ4v) is 5.38. The monoisotopic (exact) mass is 476 g/mol. The van der Waals surface area contributed by atoms with Crippen LogP contribution >= 0.6 is 34.3 Å². The Hall–Kier alpha value is -2.36. The number of carbonyl (C=O) groups excluding carboxylic acids is 1. The Labute approximate surface area is 190 Å². The van der Waals surface area contributed by atoms with Crippen LogP contribution < -0.4 is 5.32 Å². The zero-order chi connectivity index (χ0) is 21.5.